The van der Waals surface area contributed by atoms with E-state index in [2.05, 4.69) is 0 Å². The van der Waals surface area contributed by atoms with Crippen LogP contribution in [0.4, 0.5) is 5.69 Å². The molecule has 0 heterocycles. The average molecular weight is 283 g/mol. The third-order valence-corrected chi connectivity index (χ3v) is 2.80. The molecule has 0 aliphatic rings. The highest BCUT2D eigenvalue weighted by molar-refractivity contribution is 7.89. The maximum absolute atomic E-state index is 11.4. The van der Waals surface area contributed by atoms with Crippen LogP contribution in [0.25, 0.3) is 0 Å². The molecule has 0 atom stereocenters. The van der Waals surface area contributed by atoms with E-state index in [0.29, 0.717) is 0 Å². The summed E-state index contributed by atoms with van der Waals surface area (Å²) >= 11 is 11.4. The smallest absolute Gasteiger partial charge is 0.264 e. The highest BCUT2D eigenvalue weighted by Gasteiger charge is 2.14. The molecule has 1 aromatic rings. The fourth-order valence-corrected chi connectivity index (χ4v) is 1.88. The summed E-state index contributed by atoms with van der Waals surface area (Å²) in [6, 6.07) is 2.48. The quantitative estimate of drug-likeness (QED) is 0.800. The number of carbonyl (C=O) groups is 1. The number of sulfonamides is 1. The van der Waals surface area contributed by atoms with E-state index in [1.54, 1.807) is 4.72 Å². The summed E-state index contributed by atoms with van der Waals surface area (Å²) in [7, 11) is -3.62. The normalized spacial score (nSPS) is 11.2. The van der Waals surface area contributed by atoms with Crippen molar-refractivity contribution in [2.24, 2.45) is 0 Å². The van der Waals surface area contributed by atoms with Crippen molar-refractivity contribution in [3.8, 4) is 0 Å². The van der Waals surface area contributed by atoms with Gasteiger partial charge in [0.25, 0.3) is 5.91 Å². The minimum Gasteiger partial charge on any atom is -0.396 e. The fourth-order valence-electron chi connectivity index (χ4n) is 0.943. The number of benzene rings is 1. The lowest BCUT2D eigenvalue weighted by Gasteiger charge is -2.06. The van der Waals surface area contributed by atoms with Gasteiger partial charge in [-0.25, -0.2) is 13.1 Å². The van der Waals surface area contributed by atoms with Gasteiger partial charge < -0.3 is 5.73 Å². The van der Waals surface area contributed by atoms with Gasteiger partial charge in [0.15, 0.2) is 0 Å². The Labute approximate surface area is 103 Å². The molecule has 16 heavy (non-hydrogen) atoms. The summed E-state index contributed by atoms with van der Waals surface area (Å²) in [4.78, 5) is 11.4. The highest BCUT2D eigenvalue weighted by Crippen LogP contribution is 2.28. The third kappa shape index (κ3) is 3.26. The molecule has 1 rings (SSSR count). The number of hydrogen-bond acceptors (Lipinski definition) is 4. The van der Waals surface area contributed by atoms with Gasteiger partial charge in [-0.05, 0) is 12.1 Å². The first kappa shape index (κ1) is 13.1. The number of hydrogen-bond donors (Lipinski definition) is 2. The average Bonchev–Trinajstić information content (AvgIpc) is 2.10. The molecule has 0 aliphatic heterocycles. The number of nitrogens with one attached hydrogen (secondary N) is 1. The molecule has 0 saturated carbocycles. The lowest BCUT2D eigenvalue weighted by atomic mass is 10.2. The van der Waals surface area contributed by atoms with Crippen LogP contribution in [-0.4, -0.2) is 20.6 Å². The standard InChI is InChI=1S/C8H8Cl2N2O3S/c1-16(14,15)12-8(13)4-2-5(9)7(11)6(10)3-4/h2-3H,11H2,1H3,(H,12,13). The van der Waals surface area contributed by atoms with Crippen molar-refractivity contribution in [1.82, 2.24) is 4.72 Å². The third-order valence-electron chi connectivity index (χ3n) is 1.62. The van der Waals surface area contributed by atoms with E-state index in [9.17, 15) is 13.2 Å². The minimum absolute atomic E-state index is 0.0228. The zero-order chi connectivity index (χ0) is 12.5. The van der Waals surface area contributed by atoms with Crippen molar-refractivity contribution in [2.45, 2.75) is 0 Å². The molecule has 0 unspecified atom stereocenters. The van der Waals surface area contributed by atoms with E-state index in [1.807, 2.05) is 0 Å². The maximum atomic E-state index is 11.4. The molecule has 0 aliphatic carbocycles. The monoisotopic (exact) mass is 282 g/mol. The second kappa shape index (κ2) is 4.48. The molecular formula is C8H8Cl2N2O3S. The molecule has 1 aromatic carbocycles. The fraction of sp³-hybridized carbons (Fsp3) is 0.125. The van der Waals surface area contributed by atoms with Crippen LogP contribution in [0.3, 0.4) is 0 Å². The molecule has 0 radical (unpaired) electrons. The van der Waals surface area contributed by atoms with Gasteiger partial charge in [0.05, 0.1) is 22.0 Å². The van der Waals surface area contributed by atoms with E-state index < -0.39 is 15.9 Å². The molecule has 0 saturated heterocycles. The van der Waals surface area contributed by atoms with E-state index in [-0.39, 0.29) is 21.3 Å². The number of nitrogen functional groups attached to an aromatic ring is 1. The summed E-state index contributed by atoms with van der Waals surface area (Å²) < 4.78 is 23.4. The van der Waals surface area contributed by atoms with Crippen LogP contribution in [-0.2, 0) is 10.0 Å². The van der Waals surface area contributed by atoms with Crippen LogP contribution in [0.15, 0.2) is 12.1 Å². The Kier molecular flexibility index (Phi) is 3.67. The van der Waals surface area contributed by atoms with Gasteiger partial charge in [0.1, 0.15) is 0 Å². The SMILES string of the molecule is CS(=O)(=O)NC(=O)c1cc(Cl)c(N)c(Cl)c1. The van der Waals surface area contributed by atoms with Crippen LogP contribution < -0.4 is 10.5 Å². The summed E-state index contributed by atoms with van der Waals surface area (Å²) in [5.41, 5.74) is 5.63. The van der Waals surface area contributed by atoms with Crippen LogP contribution in [0.5, 0.6) is 0 Å². The summed E-state index contributed by atoms with van der Waals surface area (Å²) in [6.45, 7) is 0. The molecule has 8 heteroatoms. The first-order valence-corrected chi connectivity index (χ1v) is 6.62. The summed E-state index contributed by atoms with van der Waals surface area (Å²) in [6.07, 6.45) is 0.866. The van der Waals surface area contributed by atoms with Crippen molar-refractivity contribution in [1.29, 1.82) is 0 Å². The molecule has 88 valence electrons. The Morgan fingerprint density at radius 1 is 1.31 bits per heavy atom. The zero-order valence-electron chi connectivity index (χ0n) is 8.12. The van der Waals surface area contributed by atoms with Gasteiger partial charge in [0.2, 0.25) is 10.0 Å². The molecule has 0 bridgehead atoms. The van der Waals surface area contributed by atoms with Gasteiger partial charge in [-0.1, -0.05) is 23.2 Å². The first-order valence-electron chi connectivity index (χ1n) is 3.97. The van der Waals surface area contributed by atoms with Gasteiger partial charge in [-0.3, -0.25) is 4.79 Å². The predicted molar refractivity (Wildman–Crippen MR) is 63.2 cm³/mol. The Bertz CT molecular complexity index is 519. The molecule has 1 amide bonds. The van der Waals surface area contributed by atoms with Crippen molar-refractivity contribution < 1.29 is 13.2 Å². The van der Waals surface area contributed by atoms with E-state index >= 15 is 0 Å². The van der Waals surface area contributed by atoms with Crippen molar-refractivity contribution >= 4 is 44.8 Å². The number of amides is 1. The molecule has 0 aromatic heterocycles. The van der Waals surface area contributed by atoms with Crippen LogP contribution in [0, 0.1) is 0 Å². The van der Waals surface area contributed by atoms with Crippen molar-refractivity contribution in [2.75, 3.05) is 12.0 Å². The number of carbonyl (C=O) groups excluding carboxylic acids is 1. The lowest BCUT2D eigenvalue weighted by molar-refractivity contribution is 0.0981. The molecular weight excluding hydrogens is 275 g/mol. The van der Waals surface area contributed by atoms with E-state index in [0.717, 1.165) is 6.26 Å². The predicted octanol–water partition coefficient (Wildman–Crippen LogP) is 1.26. The van der Waals surface area contributed by atoms with E-state index in [4.69, 9.17) is 28.9 Å². The van der Waals surface area contributed by atoms with Gasteiger partial charge in [-0.15, -0.1) is 0 Å². The number of rotatable bonds is 2. The molecule has 0 fully saturated rings. The molecule has 3 N–H and O–H groups in total. The van der Waals surface area contributed by atoms with Crippen molar-refractivity contribution in [3.05, 3.63) is 27.7 Å². The topological polar surface area (TPSA) is 89.3 Å². The molecule has 0 spiro atoms. The van der Waals surface area contributed by atoms with Crippen LogP contribution in [0.1, 0.15) is 10.4 Å². The van der Waals surface area contributed by atoms with Gasteiger partial charge in [0, 0.05) is 5.56 Å². The second-order valence-electron chi connectivity index (χ2n) is 3.06. The van der Waals surface area contributed by atoms with Gasteiger partial charge in [-0.2, -0.15) is 0 Å². The minimum atomic E-state index is -3.62. The zero-order valence-corrected chi connectivity index (χ0v) is 10.4. The largest absolute Gasteiger partial charge is 0.396 e. The Balaban J connectivity index is 3.11. The summed E-state index contributed by atoms with van der Waals surface area (Å²) in [5, 5.41) is 0.178. The Morgan fingerprint density at radius 3 is 2.12 bits per heavy atom. The molecule has 5 nitrogen and oxygen atoms in total. The summed E-state index contributed by atoms with van der Waals surface area (Å²) in [5.74, 6) is -0.814. The second-order valence-corrected chi connectivity index (χ2v) is 5.62. The lowest BCUT2D eigenvalue weighted by Crippen LogP contribution is -2.29. The van der Waals surface area contributed by atoms with Crippen LogP contribution >= 0.6 is 23.2 Å². The highest BCUT2D eigenvalue weighted by atomic mass is 35.5. The number of anilines is 1. The van der Waals surface area contributed by atoms with E-state index in [1.165, 1.54) is 12.1 Å². The van der Waals surface area contributed by atoms with Crippen LogP contribution in [0.2, 0.25) is 10.0 Å². The van der Waals surface area contributed by atoms with Crippen molar-refractivity contribution in [3.63, 3.8) is 0 Å². The Morgan fingerprint density at radius 2 is 1.75 bits per heavy atom. The maximum Gasteiger partial charge on any atom is 0.264 e. The van der Waals surface area contributed by atoms with Gasteiger partial charge >= 0.3 is 0 Å². The Hall–Kier alpha value is -0.980. The number of nitrogens with two attached hydrogens (primary N) is 1. The first-order chi connectivity index (χ1) is 7.20. The number of halogens is 2.